The van der Waals surface area contributed by atoms with Crippen molar-refractivity contribution >= 4 is 5.91 Å². The van der Waals surface area contributed by atoms with Crippen LogP contribution < -0.4 is 5.32 Å². The van der Waals surface area contributed by atoms with Gasteiger partial charge in [-0.05, 0) is 38.8 Å². The number of nitrogens with one attached hydrogen (secondary N) is 1. The topological polar surface area (TPSA) is 29.1 Å². The van der Waals surface area contributed by atoms with E-state index in [1.54, 1.807) is 6.92 Å². The zero-order valence-electron chi connectivity index (χ0n) is 11.0. The normalized spacial score (nSPS) is 9.41. The Hall–Kier alpha value is -1.75. The third-order valence-electron chi connectivity index (χ3n) is 2.62. The van der Waals surface area contributed by atoms with E-state index in [4.69, 9.17) is 0 Å². The van der Waals surface area contributed by atoms with Crippen molar-refractivity contribution < 1.29 is 4.79 Å². The van der Waals surface area contributed by atoms with Gasteiger partial charge in [0.2, 0.25) is 0 Å². The Labute approximate surface area is 103 Å². The predicted octanol–water partition coefficient (Wildman–Crippen LogP) is 2.76. The first-order valence-corrected chi connectivity index (χ1v) is 5.82. The SMILES string of the molecule is CC#CCCNC(=O)c1c(C)cc(C)cc1C. The number of benzene rings is 1. The van der Waals surface area contributed by atoms with Crippen LogP contribution in [0.4, 0.5) is 0 Å². The van der Waals surface area contributed by atoms with Gasteiger partial charge < -0.3 is 5.32 Å². The van der Waals surface area contributed by atoms with E-state index in [0.29, 0.717) is 13.0 Å². The fourth-order valence-corrected chi connectivity index (χ4v) is 1.99. The fourth-order valence-electron chi connectivity index (χ4n) is 1.99. The minimum absolute atomic E-state index is 0.00194. The van der Waals surface area contributed by atoms with E-state index >= 15 is 0 Å². The lowest BCUT2D eigenvalue weighted by molar-refractivity contribution is 0.0953. The number of hydrogen-bond donors (Lipinski definition) is 1. The molecule has 1 rings (SSSR count). The van der Waals surface area contributed by atoms with Crippen LogP contribution in [0.25, 0.3) is 0 Å². The third-order valence-corrected chi connectivity index (χ3v) is 2.62. The van der Waals surface area contributed by atoms with Crippen molar-refractivity contribution in [2.75, 3.05) is 6.54 Å². The minimum atomic E-state index is -0.00194. The van der Waals surface area contributed by atoms with Gasteiger partial charge in [-0.25, -0.2) is 0 Å². The molecule has 0 saturated heterocycles. The highest BCUT2D eigenvalue weighted by Gasteiger charge is 2.11. The highest BCUT2D eigenvalue weighted by molar-refractivity contribution is 5.97. The monoisotopic (exact) mass is 229 g/mol. The lowest BCUT2D eigenvalue weighted by Crippen LogP contribution is -2.25. The molecule has 0 aromatic heterocycles. The molecule has 0 atom stereocenters. The number of rotatable bonds is 3. The molecule has 2 nitrogen and oxygen atoms in total. The standard InChI is InChI=1S/C15H19NO/c1-5-6-7-8-16-15(17)14-12(3)9-11(2)10-13(14)4/h9-10H,7-8H2,1-4H3,(H,16,17). The van der Waals surface area contributed by atoms with Crippen LogP contribution in [-0.4, -0.2) is 12.5 Å². The second-order valence-corrected chi connectivity index (χ2v) is 4.21. The molecule has 0 saturated carbocycles. The fraction of sp³-hybridized carbons (Fsp3) is 0.400. The summed E-state index contributed by atoms with van der Waals surface area (Å²) in [5.41, 5.74) is 4.04. The summed E-state index contributed by atoms with van der Waals surface area (Å²) in [5.74, 6) is 5.74. The summed E-state index contributed by atoms with van der Waals surface area (Å²) in [6, 6.07) is 4.07. The number of carbonyl (C=O) groups excluding carboxylic acids is 1. The van der Waals surface area contributed by atoms with Gasteiger partial charge in [0.25, 0.3) is 5.91 Å². The first kappa shape index (κ1) is 13.3. The van der Waals surface area contributed by atoms with Crippen molar-refractivity contribution in [2.45, 2.75) is 34.1 Å². The number of aryl methyl sites for hydroxylation is 3. The first-order chi connectivity index (χ1) is 8.06. The molecular formula is C15H19NO. The summed E-state index contributed by atoms with van der Waals surface area (Å²) in [7, 11) is 0. The largest absolute Gasteiger partial charge is 0.351 e. The summed E-state index contributed by atoms with van der Waals surface area (Å²) in [5, 5.41) is 2.89. The molecule has 0 heterocycles. The molecule has 0 aliphatic carbocycles. The van der Waals surface area contributed by atoms with Crippen LogP contribution in [-0.2, 0) is 0 Å². The summed E-state index contributed by atoms with van der Waals surface area (Å²) in [6.45, 7) is 8.39. The van der Waals surface area contributed by atoms with Gasteiger partial charge in [0.05, 0.1) is 0 Å². The molecule has 90 valence electrons. The van der Waals surface area contributed by atoms with Gasteiger partial charge in [0.15, 0.2) is 0 Å². The molecule has 0 fully saturated rings. The molecule has 0 aliphatic rings. The van der Waals surface area contributed by atoms with Crippen molar-refractivity contribution in [1.82, 2.24) is 5.32 Å². The zero-order valence-corrected chi connectivity index (χ0v) is 11.0. The maximum absolute atomic E-state index is 12.0. The molecule has 17 heavy (non-hydrogen) atoms. The molecule has 1 N–H and O–H groups in total. The van der Waals surface area contributed by atoms with E-state index < -0.39 is 0 Å². The average Bonchev–Trinajstić information content (AvgIpc) is 2.23. The molecule has 1 aromatic rings. The molecule has 0 unspecified atom stereocenters. The summed E-state index contributed by atoms with van der Waals surface area (Å²) < 4.78 is 0. The highest BCUT2D eigenvalue weighted by Crippen LogP contribution is 2.15. The van der Waals surface area contributed by atoms with Gasteiger partial charge >= 0.3 is 0 Å². The first-order valence-electron chi connectivity index (χ1n) is 5.82. The Bertz CT molecular complexity index is 454. The van der Waals surface area contributed by atoms with E-state index in [1.165, 1.54) is 5.56 Å². The zero-order chi connectivity index (χ0) is 12.8. The Morgan fingerprint density at radius 3 is 2.35 bits per heavy atom. The average molecular weight is 229 g/mol. The molecular weight excluding hydrogens is 210 g/mol. The summed E-state index contributed by atoms with van der Waals surface area (Å²) in [4.78, 5) is 12.0. The maximum atomic E-state index is 12.0. The van der Waals surface area contributed by atoms with Crippen LogP contribution >= 0.6 is 0 Å². The van der Waals surface area contributed by atoms with E-state index in [2.05, 4.69) is 17.2 Å². The Morgan fingerprint density at radius 2 is 1.82 bits per heavy atom. The van der Waals surface area contributed by atoms with E-state index in [1.807, 2.05) is 32.9 Å². The van der Waals surface area contributed by atoms with Crippen LogP contribution in [0.3, 0.4) is 0 Å². The predicted molar refractivity (Wildman–Crippen MR) is 71.1 cm³/mol. The lowest BCUT2D eigenvalue weighted by atomic mass is 9.99. The second-order valence-electron chi connectivity index (χ2n) is 4.21. The highest BCUT2D eigenvalue weighted by atomic mass is 16.1. The van der Waals surface area contributed by atoms with Crippen molar-refractivity contribution in [3.63, 3.8) is 0 Å². The second kappa shape index (κ2) is 6.10. The molecule has 0 bridgehead atoms. The summed E-state index contributed by atoms with van der Waals surface area (Å²) >= 11 is 0. The van der Waals surface area contributed by atoms with Crippen LogP contribution in [0.15, 0.2) is 12.1 Å². The van der Waals surface area contributed by atoms with Gasteiger partial charge in [0, 0.05) is 18.5 Å². The Balaban J connectivity index is 2.77. The van der Waals surface area contributed by atoms with Crippen LogP contribution in [0, 0.1) is 32.6 Å². The number of hydrogen-bond acceptors (Lipinski definition) is 1. The quantitative estimate of drug-likeness (QED) is 0.626. The van der Waals surface area contributed by atoms with Crippen LogP contribution in [0.2, 0.25) is 0 Å². The Kier molecular flexibility index (Phi) is 4.78. The lowest BCUT2D eigenvalue weighted by Gasteiger charge is -2.10. The third kappa shape index (κ3) is 3.64. The molecule has 2 heteroatoms. The molecule has 0 spiro atoms. The van der Waals surface area contributed by atoms with Crippen molar-refractivity contribution in [3.8, 4) is 11.8 Å². The molecule has 0 aliphatic heterocycles. The minimum Gasteiger partial charge on any atom is -0.351 e. The van der Waals surface area contributed by atoms with Crippen molar-refractivity contribution in [2.24, 2.45) is 0 Å². The smallest absolute Gasteiger partial charge is 0.251 e. The summed E-state index contributed by atoms with van der Waals surface area (Å²) in [6.07, 6.45) is 0.701. The van der Waals surface area contributed by atoms with E-state index in [-0.39, 0.29) is 5.91 Å². The van der Waals surface area contributed by atoms with Crippen molar-refractivity contribution in [1.29, 1.82) is 0 Å². The van der Waals surface area contributed by atoms with Gasteiger partial charge in [-0.3, -0.25) is 4.79 Å². The maximum Gasteiger partial charge on any atom is 0.251 e. The number of carbonyl (C=O) groups is 1. The van der Waals surface area contributed by atoms with E-state index in [9.17, 15) is 4.79 Å². The Morgan fingerprint density at radius 1 is 1.24 bits per heavy atom. The number of amides is 1. The van der Waals surface area contributed by atoms with Crippen molar-refractivity contribution in [3.05, 3.63) is 34.4 Å². The molecule has 0 radical (unpaired) electrons. The van der Waals surface area contributed by atoms with Gasteiger partial charge in [-0.1, -0.05) is 17.7 Å². The molecule has 1 amide bonds. The van der Waals surface area contributed by atoms with Gasteiger partial charge in [-0.15, -0.1) is 11.8 Å². The van der Waals surface area contributed by atoms with Crippen LogP contribution in [0.1, 0.15) is 40.4 Å². The van der Waals surface area contributed by atoms with Crippen LogP contribution in [0.5, 0.6) is 0 Å². The van der Waals surface area contributed by atoms with Gasteiger partial charge in [-0.2, -0.15) is 0 Å². The van der Waals surface area contributed by atoms with E-state index in [0.717, 1.165) is 16.7 Å². The molecule has 1 aromatic carbocycles. The van der Waals surface area contributed by atoms with Gasteiger partial charge in [0.1, 0.15) is 0 Å².